The lowest BCUT2D eigenvalue weighted by molar-refractivity contribution is -0.139. The number of carboxylic acids is 2. The molecule has 3 N–H and O–H groups in total. The Morgan fingerprint density at radius 2 is 2.13 bits per heavy atom. The summed E-state index contributed by atoms with van der Waals surface area (Å²) >= 11 is 0. The predicted molar refractivity (Wildman–Crippen MR) is 49.0 cm³/mol. The number of aliphatic carboxylic acids is 2. The molecule has 0 unspecified atom stereocenters. The van der Waals surface area contributed by atoms with Crippen molar-refractivity contribution >= 4 is 18.2 Å². The third-order valence-electron chi connectivity index (χ3n) is 1.91. The Bertz CT molecular complexity index is 369. The van der Waals surface area contributed by atoms with Gasteiger partial charge in [0.2, 0.25) is 0 Å². The zero-order valence-corrected chi connectivity index (χ0v) is 7.64. The molecular formula is C9H9NO5. The minimum Gasteiger partial charge on any atom is -0.480 e. The van der Waals surface area contributed by atoms with Crippen LogP contribution in [0, 0.1) is 0 Å². The zero-order valence-electron chi connectivity index (χ0n) is 7.64. The fourth-order valence-electron chi connectivity index (χ4n) is 1.24. The lowest BCUT2D eigenvalue weighted by Gasteiger charge is -2.21. The molecule has 0 spiro atoms. The summed E-state index contributed by atoms with van der Waals surface area (Å²) in [5.41, 5.74) is 0.162. The highest BCUT2D eigenvalue weighted by molar-refractivity contribution is 5.89. The molecule has 0 amide bonds. The smallest absolute Gasteiger partial charge is 0.351 e. The molecule has 80 valence electrons. The van der Waals surface area contributed by atoms with E-state index >= 15 is 0 Å². The van der Waals surface area contributed by atoms with Crippen molar-refractivity contribution in [2.75, 3.05) is 0 Å². The number of carbonyl (C=O) groups is 3. The largest absolute Gasteiger partial charge is 0.480 e. The van der Waals surface area contributed by atoms with Crippen molar-refractivity contribution < 1.29 is 24.6 Å². The summed E-state index contributed by atoms with van der Waals surface area (Å²) in [6.45, 7) is 0. The summed E-state index contributed by atoms with van der Waals surface area (Å²) in [4.78, 5) is 31.5. The Morgan fingerprint density at radius 1 is 1.47 bits per heavy atom. The fourth-order valence-corrected chi connectivity index (χ4v) is 1.24. The predicted octanol–water partition coefficient (Wildman–Crippen LogP) is -0.473. The van der Waals surface area contributed by atoms with Crippen molar-refractivity contribution in [3.63, 3.8) is 0 Å². The van der Waals surface area contributed by atoms with E-state index in [1.807, 2.05) is 0 Å². The van der Waals surface area contributed by atoms with Gasteiger partial charge in [0, 0.05) is 6.42 Å². The van der Waals surface area contributed by atoms with E-state index in [1.54, 1.807) is 0 Å². The van der Waals surface area contributed by atoms with E-state index in [9.17, 15) is 14.4 Å². The van der Waals surface area contributed by atoms with Crippen molar-refractivity contribution in [3.05, 3.63) is 23.4 Å². The second kappa shape index (κ2) is 4.41. The molecule has 1 aliphatic rings. The Balaban J connectivity index is 2.99. The van der Waals surface area contributed by atoms with Crippen LogP contribution >= 0.6 is 0 Å². The molecule has 0 radical (unpaired) electrons. The van der Waals surface area contributed by atoms with Gasteiger partial charge in [-0.1, -0.05) is 0 Å². The number of rotatable bonds is 3. The average Bonchev–Trinajstić information content (AvgIpc) is 2.17. The minimum absolute atomic E-state index is 0.0881. The number of carboxylic acid groups (broad SMARTS) is 2. The molecule has 0 saturated carbocycles. The molecule has 0 bridgehead atoms. The van der Waals surface area contributed by atoms with E-state index < -0.39 is 18.0 Å². The van der Waals surface area contributed by atoms with E-state index in [-0.39, 0.29) is 12.1 Å². The number of carbonyl (C=O) groups excluding carboxylic acids is 1. The van der Waals surface area contributed by atoms with Crippen LogP contribution in [-0.4, -0.2) is 34.5 Å². The lowest BCUT2D eigenvalue weighted by Crippen LogP contribution is -2.41. The third-order valence-corrected chi connectivity index (χ3v) is 1.91. The van der Waals surface area contributed by atoms with Crippen LogP contribution in [0.15, 0.2) is 23.4 Å². The molecule has 0 fully saturated rings. The van der Waals surface area contributed by atoms with Crippen LogP contribution in [0.1, 0.15) is 6.42 Å². The number of allylic oxidation sites excluding steroid dienone is 2. The van der Waals surface area contributed by atoms with E-state index in [0.29, 0.717) is 11.9 Å². The second-order valence-electron chi connectivity index (χ2n) is 2.98. The van der Waals surface area contributed by atoms with Gasteiger partial charge in [-0.25, -0.2) is 9.59 Å². The van der Waals surface area contributed by atoms with Crippen molar-refractivity contribution in [2.45, 2.75) is 12.5 Å². The maximum Gasteiger partial charge on any atom is 0.351 e. The van der Waals surface area contributed by atoms with Gasteiger partial charge < -0.3 is 15.5 Å². The summed E-state index contributed by atoms with van der Waals surface area (Å²) in [7, 11) is 0. The third kappa shape index (κ3) is 2.67. The van der Waals surface area contributed by atoms with Crippen molar-refractivity contribution in [3.8, 4) is 0 Å². The van der Waals surface area contributed by atoms with E-state index in [0.717, 1.165) is 6.08 Å². The number of hydrogen-bond donors (Lipinski definition) is 3. The van der Waals surface area contributed by atoms with Crippen molar-refractivity contribution in [1.82, 2.24) is 5.32 Å². The first-order valence-electron chi connectivity index (χ1n) is 4.13. The first kappa shape index (κ1) is 11.0. The molecule has 6 heteroatoms. The molecule has 0 saturated heterocycles. The Kier molecular flexibility index (Phi) is 3.22. The van der Waals surface area contributed by atoms with E-state index in [4.69, 9.17) is 10.2 Å². The molecule has 1 aliphatic heterocycles. The summed E-state index contributed by atoms with van der Waals surface area (Å²) in [5.74, 6) is -2.41. The number of aldehydes is 1. The van der Waals surface area contributed by atoms with Crippen LogP contribution in [0.4, 0.5) is 0 Å². The zero-order chi connectivity index (χ0) is 11.4. The van der Waals surface area contributed by atoms with E-state index in [1.165, 1.54) is 6.08 Å². The van der Waals surface area contributed by atoms with Gasteiger partial charge in [-0.2, -0.15) is 0 Å². The molecule has 6 nitrogen and oxygen atoms in total. The van der Waals surface area contributed by atoms with Crippen LogP contribution in [0.3, 0.4) is 0 Å². The normalized spacial score (nSPS) is 22.8. The van der Waals surface area contributed by atoms with Gasteiger partial charge in [-0.3, -0.25) is 4.79 Å². The van der Waals surface area contributed by atoms with Gasteiger partial charge in [-0.05, 0) is 17.7 Å². The van der Waals surface area contributed by atoms with Gasteiger partial charge in [0.15, 0.2) is 0 Å². The molecule has 1 atom stereocenters. The second-order valence-corrected chi connectivity index (χ2v) is 2.98. The first-order chi connectivity index (χ1) is 7.04. The average molecular weight is 211 g/mol. The highest BCUT2D eigenvalue weighted by Gasteiger charge is 2.26. The van der Waals surface area contributed by atoms with Crippen molar-refractivity contribution in [2.24, 2.45) is 0 Å². The monoisotopic (exact) mass is 211 g/mol. The van der Waals surface area contributed by atoms with Gasteiger partial charge >= 0.3 is 11.9 Å². The molecule has 0 aromatic heterocycles. The summed E-state index contributed by atoms with van der Waals surface area (Å²) in [6.07, 6.45) is 2.98. The van der Waals surface area contributed by atoms with Crippen LogP contribution in [-0.2, 0) is 14.4 Å². The van der Waals surface area contributed by atoms with E-state index in [2.05, 4.69) is 5.32 Å². The summed E-state index contributed by atoms with van der Waals surface area (Å²) in [5, 5.41) is 19.8. The highest BCUT2D eigenvalue weighted by atomic mass is 16.4. The van der Waals surface area contributed by atoms with Crippen LogP contribution in [0.2, 0.25) is 0 Å². The van der Waals surface area contributed by atoms with Gasteiger partial charge in [0.1, 0.15) is 18.0 Å². The SMILES string of the molecule is O=C/C=C1/C=C(C(=O)O)N[C@@H](C(=O)O)C1. The van der Waals surface area contributed by atoms with Crippen molar-refractivity contribution in [1.29, 1.82) is 0 Å². The maximum absolute atomic E-state index is 10.7. The quantitative estimate of drug-likeness (QED) is 0.430. The van der Waals surface area contributed by atoms with Crippen LogP contribution < -0.4 is 5.32 Å². The number of hydrogen-bond acceptors (Lipinski definition) is 4. The Labute approximate surface area is 84.9 Å². The lowest BCUT2D eigenvalue weighted by atomic mass is 10.0. The Morgan fingerprint density at radius 3 is 2.60 bits per heavy atom. The van der Waals surface area contributed by atoms with Gasteiger partial charge in [-0.15, -0.1) is 0 Å². The van der Waals surface area contributed by atoms with Gasteiger partial charge in [0.25, 0.3) is 0 Å². The number of nitrogens with one attached hydrogen (secondary N) is 1. The minimum atomic E-state index is -1.25. The standard InChI is InChI=1S/C9H9NO5/c11-2-1-5-3-6(8(12)13)10-7(4-5)9(14)15/h1-3,7,10H,4H2,(H,12,13)(H,14,15)/b5-1-/t7-/m1/s1. The topological polar surface area (TPSA) is 104 Å². The molecule has 1 heterocycles. The van der Waals surface area contributed by atoms with Crippen LogP contribution in [0.25, 0.3) is 0 Å². The molecule has 0 aromatic rings. The van der Waals surface area contributed by atoms with Crippen LogP contribution in [0.5, 0.6) is 0 Å². The molecular weight excluding hydrogens is 202 g/mol. The molecule has 0 aromatic carbocycles. The first-order valence-corrected chi connectivity index (χ1v) is 4.13. The molecule has 1 rings (SSSR count). The molecule has 0 aliphatic carbocycles. The summed E-state index contributed by atoms with van der Waals surface area (Å²) in [6, 6.07) is -1.01. The Hall–Kier alpha value is -2.11. The maximum atomic E-state index is 10.7. The summed E-state index contributed by atoms with van der Waals surface area (Å²) < 4.78 is 0. The fraction of sp³-hybridized carbons (Fsp3) is 0.222. The van der Waals surface area contributed by atoms with Gasteiger partial charge in [0.05, 0.1) is 0 Å². The highest BCUT2D eigenvalue weighted by Crippen LogP contribution is 2.16. The molecule has 15 heavy (non-hydrogen) atoms.